The van der Waals surface area contributed by atoms with E-state index in [1.54, 1.807) is 7.11 Å². The molecule has 0 radical (unpaired) electrons. The minimum absolute atomic E-state index is 0.552. The molecule has 1 N–H and O–H groups in total. The molecule has 0 aliphatic heterocycles. The Morgan fingerprint density at radius 2 is 1.94 bits per heavy atom. The van der Waals surface area contributed by atoms with Crippen LogP contribution in [0.15, 0.2) is 24.3 Å². The van der Waals surface area contributed by atoms with Gasteiger partial charge in [0.25, 0.3) is 0 Å². The molecule has 0 atom stereocenters. The molecule has 2 nitrogen and oxygen atoms in total. The molecule has 1 aliphatic carbocycles. The van der Waals surface area contributed by atoms with Crippen LogP contribution in [0.3, 0.4) is 0 Å². The number of ether oxygens (including phenoxy) is 1. The van der Waals surface area contributed by atoms with Gasteiger partial charge in [0.2, 0.25) is 0 Å². The fraction of sp³-hybridized carbons (Fsp3) is 0.600. The molecular formula is C15H23NO. The van der Waals surface area contributed by atoms with Gasteiger partial charge in [0, 0.05) is 20.2 Å². The molecule has 0 aromatic heterocycles. The summed E-state index contributed by atoms with van der Waals surface area (Å²) in [6, 6.07) is 8.50. The highest BCUT2D eigenvalue weighted by Gasteiger charge is 2.30. The summed E-state index contributed by atoms with van der Waals surface area (Å²) in [5.74, 6) is 0. The molecule has 0 amide bonds. The van der Waals surface area contributed by atoms with E-state index in [1.807, 2.05) is 0 Å². The fourth-order valence-corrected chi connectivity index (χ4v) is 2.48. The zero-order valence-electron chi connectivity index (χ0n) is 11.0. The molecule has 0 heterocycles. The first kappa shape index (κ1) is 12.6. The van der Waals surface area contributed by atoms with E-state index >= 15 is 0 Å². The average Bonchev–Trinajstić information content (AvgIpc) is 2.29. The Labute approximate surface area is 104 Å². The maximum Gasteiger partial charge on any atom is 0.0716 e. The number of methoxy groups -OCH3 is 1. The molecule has 1 fully saturated rings. The van der Waals surface area contributed by atoms with E-state index < -0.39 is 0 Å². The van der Waals surface area contributed by atoms with Gasteiger partial charge in [0.1, 0.15) is 0 Å². The Morgan fingerprint density at radius 1 is 1.24 bits per heavy atom. The van der Waals surface area contributed by atoms with Gasteiger partial charge in [-0.05, 0) is 29.4 Å². The van der Waals surface area contributed by atoms with Crippen molar-refractivity contribution in [3.63, 3.8) is 0 Å². The van der Waals surface area contributed by atoms with Crippen LogP contribution in [-0.4, -0.2) is 13.7 Å². The summed E-state index contributed by atoms with van der Waals surface area (Å²) in [5, 5.41) is 3.59. The summed E-state index contributed by atoms with van der Waals surface area (Å²) >= 11 is 0. The summed E-state index contributed by atoms with van der Waals surface area (Å²) in [6.07, 6.45) is 4.15. The Balaban J connectivity index is 1.85. The molecule has 0 spiro atoms. The van der Waals surface area contributed by atoms with Crippen molar-refractivity contribution < 1.29 is 4.74 Å². The predicted octanol–water partition coefficient (Wildman–Crippen LogP) is 3.11. The lowest BCUT2D eigenvalue weighted by Crippen LogP contribution is -2.37. The van der Waals surface area contributed by atoms with Gasteiger partial charge in [-0.2, -0.15) is 0 Å². The van der Waals surface area contributed by atoms with E-state index in [0.29, 0.717) is 12.0 Å². The second-order valence-corrected chi connectivity index (χ2v) is 5.47. The van der Waals surface area contributed by atoms with E-state index in [9.17, 15) is 0 Å². The normalized spacial score (nSPS) is 17.8. The van der Waals surface area contributed by atoms with Crippen LogP contribution in [0.25, 0.3) is 0 Å². The van der Waals surface area contributed by atoms with Crippen molar-refractivity contribution in [3.8, 4) is 0 Å². The smallest absolute Gasteiger partial charge is 0.0716 e. The van der Waals surface area contributed by atoms with Gasteiger partial charge in [0.15, 0.2) is 0 Å². The van der Waals surface area contributed by atoms with Crippen LogP contribution in [0, 0.1) is 5.41 Å². The van der Waals surface area contributed by atoms with Gasteiger partial charge in [0.05, 0.1) is 6.61 Å². The van der Waals surface area contributed by atoms with Gasteiger partial charge in [-0.15, -0.1) is 0 Å². The SMILES string of the molecule is COCc1ccccc1CNCC1(C)CCC1. The largest absolute Gasteiger partial charge is 0.380 e. The fourth-order valence-electron chi connectivity index (χ4n) is 2.48. The standard InChI is InChI=1S/C15H23NO/c1-15(8-5-9-15)12-16-10-13-6-3-4-7-14(13)11-17-2/h3-4,6-7,16H,5,8-12H2,1-2H3. The summed E-state index contributed by atoms with van der Waals surface area (Å²) in [5.41, 5.74) is 3.20. The summed E-state index contributed by atoms with van der Waals surface area (Å²) in [6.45, 7) is 5.17. The van der Waals surface area contributed by atoms with Crippen LogP contribution in [0.1, 0.15) is 37.3 Å². The Kier molecular flexibility index (Phi) is 4.19. The quantitative estimate of drug-likeness (QED) is 0.815. The molecule has 1 aromatic carbocycles. The van der Waals surface area contributed by atoms with Crippen molar-refractivity contribution in [3.05, 3.63) is 35.4 Å². The maximum absolute atomic E-state index is 5.22. The number of nitrogens with one attached hydrogen (secondary N) is 1. The van der Waals surface area contributed by atoms with Gasteiger partial charge < -0.3 is 10.1 Å². The Morgan fingerprint density at radius 3 is 2.53 bits per heavy atom. The van der Waals surface area contributed by atoms with Crippen LogP contribution in [0.5, 0.6) is 0 Å². The lowest BCUT2D eigenvalue weighted by atomic mass is 9.70. The van der Waals surface area contributed by atoms with Crippen LogP contribution >= 0.6 is 0 Å². The number of rotatable bonds is 6. The van der Waals surface area contributed by atoms with Crippen LogP contribution < -0.4 is 5.32 Å². The molecule has 2 heteroatoms. The average molecular weight is 233 g/mol. The predicted molar refractivity (Wildman–Crippen MR) is 70.8 cm³/mol. The van der Waals surface area contributed by atoms with Crippen LogP contribution in [0.2, 0.25) is 0 Å². The second-order valence-electron chi connectivity index (χ2n) is 5.47. The second kappa shape index (κ2) is 5.65. The van der Waals surface area contributed by atoms with Crippen molar-refractivity contribution >= 4 is 0 Å². The highest BCUT2D eigenvalue weighted by Crippen LogP contribution is 2.39. The van der Waals surface area contributed by atoms with Crippen molar-refractivity contribution in [1.29, 1.82) is 0 Å². The lowest BCUT2D eigenvalue weighted by Gasteiger charge is -2.38. The topological polar surface area (TPSA) is 21.3 Å². The van der Waals surface area contributed by atoms with Crippen molar-refractivity contribution in [2.75, 3.05) is 13.7 Å². The van der Waals surface area contributed by atoms with E-state index in [4.69, 9.17) is 4.74 Å². The third-order valence-electron chi connectivity index (χ3n) is 3.85. The number of benzene rings is 1. The molecule has 2 rings (SSSR count). The van der Waals surface area contributed by atoms with E-state index in [2.05, 4.69) is 36.5 Å². The first-order valence-corrected chi connectivity index (χ1v) is 6.50. The van der Waals surface area contributed by atoms with E-state index in [-0.39, 0.29) is 0 Å². The number of hydrogen-bond acceptors (Lipinski definition) is 2. The minimum Gasteiger partial charge on any atom is -0.380 e. The molecule has 1 aliphatic rings. The summed E-state index contributed by atoms with van der Waals surface area (Å²) in [4.78, 5) is 0. The molecule has 17 heavy (non-hydrogen) atoms. The molecule has 1 aromatic rings. The van der Waals surface area contributed by atoms with Crippen molar-refractivity contribution in [1.82, 2.24) is 5.32 Å². The van der Waals surface area contributed by atoms with E-state index in [1.165, 1.54) is 30.4 Å². The third kappa shape index (κ3) is 3.30. The van der Waals surface area contributed by atoms with Crippen LogP contribution in [-0.2, 0) is 17.9 Å². The molecule has 0 saturated heterocycles. The van der Waals surface area contributed by atoms with Gasteiger partial charge in [-0.25, -0.2) is 0 Å². The van der Waals surface area contributed by atoms with Gasteiger partial charge in [-0.1, -0.05) is 37.6 Å². The minimum atomic E-state index is 0.552. The first-order valence-electron chi connectivity index (χ1n) is 6.50. The highest BCUT2D eigenvalue weighted by atomic mass is 16.5. The Hall–Kier alpha value is -0.860. The van der Waals surface area contributed by atoms with Crippen molar-refractivity contribution in [2.45, 2.75) is 39.3 Å². The molecular weight excluding hydrogens is 210 g/mol. The summed E-state index contributed by atoms with van der Waals surface area (Å²) in [7, 11) is 1.75. The Bertz CT molecular complexity index is 358. The van der Waals surface area contributed by atoms with Crippen molar-refractivity contribution in [2.24, 2.45) is 5.41 Å². The zero-order chi connectivity index (χ0) is 12.1. The van der Waals surface area contributed by atoms with Gasteiger partial charge >= 0.3 is 0 Å². The molecule has 1 saturated carbocycles. The maximum atomic E-state index is 5.22. The third-order valence-corrected chi connectivity index (χ3v) is 3.85. The lowest BCUT2D eigenvalue weighted by molar-refractivity contribution is 0.156. The highest BCUT2D eigenvalue weighted by molar-refractivity contribution is 5.26. The van der Waals surface area contributed by atoms with Crippen LogP contribution in [0.4, 0.5) is 0 Å². The molecule has 0 bridgehead atoms. The monoisotopic (exact) mass is 233 g/mol. The molecule has 94 valence electrons. The first-order chi connectivity index (χ1) is 8.23. The van der Waals surface area contributed by atoms with E-state index in [0.717, 1.165) is 13.1 Å². The van der Waals surface area contributed by atoms with Gasteiger partial charge in [-0.3, -0.25) is 0 Å². The molecule has 0 unspecified atom stereocenters. The summed E-state index contributed by atoms with van der Waals surface area (Å²) < 4.78 is 5.22. The number of hydrogen-bond donors (Lipinski definition) is 1. The zero-order valence-corrected chi connectivity index (χ0v) is 11.0.